The summed E-state index contributed by atoms with van der Waals surface area (Å²) >= 11 is 7.58. The zero-order valence-corrected chi connectivity index (χ0v) is 12.8. The second kappa shape index (κ2) is 5.78. The van der Waals surface area contributed by atoms with E-state index in [-0.39, 0.29) is 12.5 Å². The number of carbonyl (C=O) groups excluding carboxylic acids is 2. The standard InChI is InChI=1S/C14H11ClN4O2S/c15-12-9-3-1-2-4-10(9)22-13(12)14(21)18-8-5-17-19(6-8)7-11(16)20/h1-6H,7H2,(H2,16,20)(H,18,21). The van der Waals surface area contributed by atoms with Gasteiger partial charge in [-0.05, 0) is 6.07 Å². The molecule has 0 aliphatic rings. The lowest BCUT2D eigenvalue weighted by atomic mass is 10.2. The predicted octanol–water partition coefficient (Wildman–Crippen LogP) is 2.49. The zero-order valence-electron chi connectivity index (χ0n) is 11.2. The van der Waals surface area contributed by atoms with E-state index in [1.165, 1.54) is 28.4 Å². The lowest BCUT2D eigenvalue weighted by Gasteiger charge is -2.00. The van der Waals surface area contributed by atoms with Crippen LogP contribution in [-0.2, 0) is 11.3 Å². The number of benzene rings is 1. The molecule has 2 heterocycles. The number of thiophene rings is 1. The average Bonchev–Trinajstić information content (AvgIpc) is 3.04. The topological polar surface area (TPSA) is 90.0 Å². The van der Waals surface area contributed by atoms with E-state index in [0.29, 0.717) is 15.6 Å². The number of carbonyl (C=O) groups is 2. The van der Waals surface area contributed by atoms with Crippen molar-refractivity contribution in [2.75, 3.05) is 5.32 Å². The Labute approximate surface area is 134 Å². The first-order valence-corrected chi connectivity index (χ1v) is 7.53. The number of nitrogens with zero attached hydrogens (tertiary/aromatic N) is 2. The molecule has 3 N–H and O–H groups in total. The molecule has 3 rings (SSSR count). The minimum Gasteiger partial charge on any atom is -0.368 e. The van der Waals surface area contributed by atoms with Crippen LogP contribution in [-0.4, -0.2) is 21.6 Å². The maximum absolute atomic E-state index is 12.3. The number of anilines is 1. The maximum Gasteiger partial charge on any atom is 0.267 e. The van der Waals surface area contributed by atoms with Crippen molar-refractivity contribution in [2.24, 2.45) is 5.73 Å². The first-order chi connectivity index (χ1) is 10.5. The second-order valence-electron chi connectivity index (χ2n) is 4.59. The van der Waals surface area contributed by atoms with Crippen molar-refractivity contribution in [3.63, 3.8) is 0 Å². The van der Waals surface area contributed by atoms with Crippen LogP contribution >= 0.6 is 22.9 Å². The Hall–Kier alpha value is -2.38. The quantitative estimate of drug-likeness (QED) is 0.768. The highest BCUT2D eigenvalue weighted by Gasteiger charge is 2.17. The third-order valence-electron chi connectivity index (χ3n) is 2.95. The molecule has 22 heavy (non-hydrogen) atoms. The molecule has 112 valence electrons. The number of primary amides is 1. The molecule has 2 amide bonds. The monoisotopic (exact) mass is 334 g/mol. The highest BCUT2D eigenvalue weighted by Crippen LogP contribution is 2.35. The SMILES string of the molecule is NC(=O)Cn1cc(NC(=O)c2sc3ccccc3c2Cl)cn1. The molecule has 0 saturated carbocycles. The van der Waals surface area contributed by atoms with E-state index in [2.05, 4.69) is 10.4 Å². The van der Waals surface area contributed by atoms with Crippen LogP contribution in [0, 0.1) is 0 Å². The maximum atomic E-state index is 12.3. The van der Waals surface area contributed by atoms with Crippen molar-refractivity contribution in [3.8, 4) is 0 Å². The smallest absolute Gasteiger partial charge is 0.267 e. The summed E-state index contributed by atoms with van der Waals surface area (Å²) in [6.07, 6.45) is 2.98. The molecule has 0 aliphatic carbocycles. The molecular formula is C14H11ClN4O2S. The summed E-state index contributed by atoms with van der Waals surface area (Å²) in [6.45, 7) is -0.0421. The van der Waals surface area contributed by atoms with Crippen molar-refractivity contribution in [1.29, 1.82) is 0 Å². The van der Waals surface area contributed by atoms with Crippen LogP contribution in [0.3, 0.4) is 0 Å². The van der Waals surface area contributed by atoms with Gasteiger partial charge in [-0.15, -0.1) is 11.3 Å². The molecule has 3 aromatic rings. The van der Waals surface area contributed by atoms with E-state index in [4.69, 9.17) is 17.3 Å². The van der Waals surface area contributed by atoms with E-state index in [1.807, 2.05) is 24.3 Å². The highest BCUT2D eigenvalue weighted by molar-refractivity contribution is 7.21. The van der Waals surface area contributed by atoms with Crippen molar-refractivity contribution in [3.05, 3.63) is 46.6 Å². The van der Waals surface area contributed by atoms with Crippen LogP contribution in [0.25, 0.3) is 10.1 Å². The normalized spacial score (nSPS) is 10.8. The Bertz CT molecular complexity index is 871. The van der Waals surface area contributed by atoms with Crippen LogP contribution < -0.4 is 11.1 Å². The van der Waals surface area contributed by atoms with Gasteiger partial charge in [0.2, 0.25) is 5.91 Å². The molecule has 0 unspecified atom stereocenters. The summed E-state index contributed by atoms with van der Waals surface area (Å²) in [5.41, 5.74) is 5.56. The Morgan fingerprint density at radius 3 is 2.86 bits per heavy atom. The molecule has 0 bridgehead atoms. The third-order valence-corrected chi connectivity index (χ3v) is 4.62. The fourth-order valence-electron chi connectivity index (χ4n) is 2.02. The van der Waals surface area contributed by atoms with Gasteiger partial charge in [0.05, 0.1) is 16.9 Å². The number of aromatic nitrogens is 2. The largest absolute Gasteiger partial charge is 0.368 e. The van der Waals surface area contributed by atoms with E-state index < -0.39 is 5.91 Å². The van der Waals surface area contributed by atoms with Crippen molar-refractivity contribution in [2.45, 2.75) is 6.54 Å². The zero-order chi connectivity index (χ0) is 15.7. The molecule has 0 aliphatic heterocycles. The van der Waals surface area contributed by atoms with Gasteiger partial charge in [0.25, 0.3) is 5.91 Å². The number of fused-ring (bicyclic) bond motifs is 1. The Morgan fingerprint density at radius 2 is 2.14 bits per heavy atom. The summed E-state index contributed by atoms with van der Waals surface area (Å²) in [7, 11) is 0. The highest BCUT2D eigenvalue weighted by atomic mass is 35.5. The van der Waals surface area contributed by atoms with Crippen LogP contribution in [0.1, 0.15) is 9.67 Å². The van der Waals surface area contributed by atoms with Crippen LogP contribution in [0.2, 0.25) is 5.02 Å². The van der Waals surface area contributed by atoms with Crippen molar-refractivity contribution in [1.82, 2.24) is 9.78 Å². The van der Waals surface area contributed by atoms with Gasteiger partial charge < -0.3 is 11.1 Å². The molecule has 0 spiro atoms. The van der Waals surface area contributed by atoms with Gasteiger partial charge >= 0.3 is 0 Å². The molecule has 8 heteroatoms. The van der Waals surface area contributed by atoms with Crippen molar-refractivity contribution < 1.29 is 9.59 Å². The average molecular weight is 335 g/mol. The minimum atomic E-state index is -0.506. The van der Waals surface area contributed by atoms with Gasteiger partial charge in [0.15, 0.2) is 0 Å². The van der Waals surface area contributed by atoms with Crippen LogP contribution in [0.15, 0.2) is 36.7 Å². The molecule has 1 aromatic carbocycles. The first kappa shape index (κ1) is 14.6. The Kier molecular flexibility index (Phi) is 3.82. The Balaban J connectivity index is 1.82. The van der Waals surface area contributed by atoms with E-state index in [9.17, 15) is 9.59 Å². The van der Waals surface area contributed by atoms with Gasteiger partial charge in [-0.2, -0.15) is 5.10 Å². The molecule has 0 saturated heterocycles. The summed E-state index contributed by atoms with van der Waals surface area (Å²) < 4.78 is 2.30. The second-order valence-corrected chi connectivity index (χ2v) is 6.02. The lowest BCUT2D eigenvalue weighted by molar-refractivity contribution is -0.118. The number of nitrogens with one attached hydrogen (secondary N) is 1. The number of amides is 2. The lowest BCUT2D eigenvalue weighted by Crippen LogP contribution is -2.18. The number of nitrogens with two attached hydrogens (primary N) is 1. The summed E-state index contributed by atoms with van der Waals surface area (Å²) in [4.78, 5) is 23.6. The number of hydrogen-bond acceptors (Lipinski definition) is 4. The van der Waals surface area contributed by atoms with Gasteiger partial charge in [-0.1, -0.05) is 29.8 Å². The van der Waals surface area contributed by atoms with Crippen LogP contribution in [0.4, 0.5) is 5.69 Å². The number of halogens is 1. The number of rotatable bonds is 4. The van der Waals surface area contributed by atoms with Crippen molar-refractivity contribution >= 4 is 50.5 Å². The molecular weight excluding hydrogens is 324 g/mol. The summed E-state index contributed by atoms with van der Waals surface area (Å²) in [5, 5.41) is 7.93. The molecule has 0 radical (unpaired) electrons. The number of hydrogen-bond donors (Lipinski definition) is 2. The Morgan fingerprint density at radius 1 is 1.36 bits per heavy atom. The third kappa shape index (κ3) is 2.81. The van der Waals surface area contributed by atoms with E-state index in [0.717, 1.165) is 10.1 Å². The first-order valence-electron chi connectivity index (χ1n) is 6.34. The minimum absolute atomic E-state index is 0.0421. The predicted molar refractivity (Wildman–Crippen MR) is 86.2 cm³/mol. The fraction of sp³-hybridized carbons (Fsp3) is 0.0714. The summed E-state index contributed by atoms with van der Waals surface area (Å²) in [5.74, 6) is -0.821. The van der Waals surface area contributed by atoms with Gasteiger partial charge in [-0.3, -0.25) is 14.3 Å². The molecule has 0 atom stereocenters. The van der Waals surface area contributed by atoms with Gasteiger partial charge in [0.1, 0.15) is 11.4 Å². The van der Waals surface area contributed by atoms with Gasteiger partial charge in [0, 0.05) is 16.3 Å². The van der Waals surface area contributed by atoms with Crippen LogP contribution in [0.5, 0.6) is 0 Å². The molecule has 6 nitrogen and oxygen atoms in total. The van der Waals surface area contributed by atoms with E-state index >= 15 is 0 Å². The van der Waals surface area contributed by atoms with E-state index in [1.54, 1.807) is 0 Å². The molecule has 2 aromatic heterocycles. The molecule has 0 fully saturated rings. The van der Waals surface area contributed by atoms with Gasteiger partial charge in [-0.25, -0.2) is 0 Å². The summed E-state index contributed by atoms with van der Waals surface area (Å²) in [6, 6.07) is 7.55. The fourth-order valence-corrected chi connectivity index (χ4v) is 3.43.